The Hall–Kier alpha value is -1.36. The number of nitrogens with zero attached hydrogens (tertiary/aromatic N) is 2. The lowest BCUT2D eigenvalue weighted by Gasteiger charge is -2.23. The van der Waals surface area contributed by atoms with E-state index in [1.165, 1.54) is 0 Å². The van der Waals surface area contributed by atoms with E-state index in [4.69, 9.17) is 5.73 Å². The van der Waals surface area contributed by atoms with E-state index in [1.807, 2.05) is 13.8 Å². The molecule has 0 aromatic carbocycles. The molecular weight excluding hydrogens is 204 g/mol. The molecule has 0 saturated carbocycles. The summed E-state index contributed by atoms with van der Waals surface area (Å²) in [6, 6.07) is -0.387. The molecule has 0 fully saturated rings. The van der Waals surface area contributed by atoms with Gasteiger partial charge < -0.3 is 10.6 Å². The van der Waals surface area contributed by atoms with Crippen LogP contribution in [0.2, 0.25) is 0 Å². The molecule has 0 radical (unpaired) electrons. The van der Waals surface area contributed by atoms with E-state index < -0.39 is 0 Å². The first-order chi connectivity index (χ1) is 7.63. The quantitative estimate of drug-likeness (QED) is 0.787. The Morgan fingerprint density at radius 1 is 1.69 bits per heavy atom. The first-order valence-electron chi connectivity index (χ1n) is 5.69. The number of hydrogen-bond donors (Lipinski definition) is 2. The fourth-order valence-electron chi connectivity index (χ4n) is 1.93. The Bertz CT molecular complexity index is 367. The molecule has 16 heavy (non-hydrogen) atoms. The average Bonchev–Trinajstić information content (AvgIpc) is 2.85. The van der Waals surface area contributed by atoms with Gasteiger partial charge in [-0.05, 0) is 5.92 Å². The normalized spacial score (nSPS) is 18.3. The summed E-state index contributed by atoms with van der Waals surface area (Å²) in [5, 5.41) is 6.84. The van der Waals surface area contributed by atoms with Gasteiger partial charge in [-0.2, -0.15) is 5.10 Å². The highest BCUT2D eigenvalue weighted by atomic mass is 16.2. The molecule has 0 spiro atoms. The highest BCUT2D eigenvalue weighted by Crippen LogP contribution is 2.21. The Morgan fingerprint density at radius 2 is 2.44 bits per heavy atom. The molecule has 1 aromatic rings. The first kappa shape index (κ1) is 11.1. The number of carbonyl (C=O) groups is 1. The smallest absolute Gasteiger partial charge is 0.240 e. The van der Waals surface area contributed by atoms with Crippen LogP contribution in [-0.4, -0.2) is 27.0 Å². The minimum absolute atomic E-state index is 0.0407. The third kappa shape index (κ3) is 1.82. The first-order valence-corrected chi connectivity index (χ1v) is 5.69. The molecule has 0 saturated heterocycles. The summed E-state index contributed by atoms with van der Waals surface area (Å²) in [5.74, 6) is 0.267. The standard InChI is InChI=1S/C11H18N4O/c1-3-7(2)10(12)11(16)15-5-8-4-13-14-9(8)6-15/h4,7,10H,3,5-6,12H2,1-2H3,(H,13,14)/t7-,10+/m1/s1. The van der Waals surface area contributed by atoms with Crippen LogP contribution in [0.5, 0.6) is 0 Å². The number of hydrogen-bond acceptors (Lipinski definition) is 3. The minimum atomic E-state index is -0.387. The molecule has 1 aliphatic rings. The van der Waals surface area contributed by atoms with Crippen molar-refractivity contribution in [2.45, 2.75) is 39.4 Å². The SMILES string of the molecule is CC[C@@H](C)[C@H](N)C(=O)N1Cc2cn[nH]c2C1. The third-order valence-electron chi connectivity index (χ3n) is 3.37. The minimum Gasteiger partial charge on any atom is -0.331 e. The molecule has 1 aliphatic heterocycles. The van der Waals surface area contributed by atoms with Crippen LogP contribution >= 0.6 is 0 Å². The number of carbonyl (C=O) groups excluding carboxylic acids is 1. The summed E-state index contributed by atoms with van der Waals surface area (Å²) in [6.45, 7) is 5.31. The Morgan fingerprint density at radius 3 is 3.06 bits per heavy atom. The number of amides is 1. The van der Waals surface area contributed by atoms with Crippen molar-refractivity contribution < 1.29 is 4.79 Å². The molecule has 2 rings (SSSR count). The molecule has 1 aromatic heterocycles. The number of H-pyrrole nitrogens is 1. The predicted octanol–water partition coefficient (Wildman–Crippen LogP) is 0.625. The van der Waals surface area contributed by atoms with E-state index in [1.54, 1.807) is 11.1 Å². The summed E-state index contributed by atoms with van der Waals surface area (Å²) in [5.41, 5.74) is 8.07. The van der Waals surface area contributed by atoms with E-state index in [9.17, 15) is 4.79 Å². The lowest BCUT2D eigenvalue weighted by Crippen LogP contribution is -2.45. The van der Waals surface area contributed by atoms with Gasteiger partial charge in [0.2, 0.25) is 5.91 Å². The molecule has 0 bridgehead atoms. The average molecular weight is 222 g/mol. The molecule has 2 heterocycles. The van der Waals surface area contributed by atoms with Crippen LogP contribution in [0.15, 0.2) is 6.20 Å². The zero-order valence-electron chi connectivity index (χ0n) is 9.73. The largest absolute Gasteiger partial charge is 0.331 e. The van der Waals surface area contributed by atoms with Crippen molar-refractivity contribution in [2.24, 2.45) is 11.7 Å². The van der Waals surface area contributed by atoms with Crippen molar-refractivity contribution >= 4 is 5.91 Å². The molecule has 1 amide bonds. The highest BCUT2D eigenvalue weighted by molar-refractivity contribution is 5.82. The topological polar surface area (TPSA) is 75.0 Å². The fraction of sp³-hybridized carbons (Fsp3) is 0.636. The summed E-state index contributed by atoms with van der Waals surface area (Å²) < 4.78 is 0. The number of nitrogens with two attached hydrogens (primary N) is 1. The summed E-state index contributed by atoms with van der Waals surface area (Å²) in [6.07, 6.45) is 2.70. The van der Waals surface area contributed by atoms with Crippen LogP contribution in [0.1, 0.15) is 31.5 Å². The predicted molar refractivity (Wildman–Crippen MR) is 60.3 cm³/mol. The van der Waals surface area contributed by atoms with Crippen LogP contribution in [0.4, 0.5) is 0 Å². The number of aromatic nitrogens is 2. The second kappa shape index (κ2) is 4.25. The molecular formula is C11H18N4O. The maximum absolute atomic E-state index is 12.1. The Labute approximate surface area is 95.0 Å². The summed E-state index contributed by atoms with van der Waals surface area (Å²) in [7, 11) is 0. The third-order valence-corrected chi connectivity index (χ3v) is 3.37. The van der Waals surface area contributed by atoms with E-state index >= 15 is 0 Å². The van der Waals surface area contributed by atoms with Gasteiger partial charge in [-0.1, -0.05) is 20.3 Å². The monoisotopic (exact) mass is 222 g/mol. The van der Waals surface area contributed by atoms with Crippen LogP contribution in [0.25, 0.3) is 0 Å². The van der Waals surface area contributed by atoms with Gasteiger partial charge in [-0.3, -0.25) is 9.89 Å². The van der Waals surface area contributed by atoms with Crippen molar-refractivity contribution in [1.82, 2.24) is 15.1 Å². The Balaban J connectivity index is 2.01. The van der Waals surface area contributed by atoms with E-state index in [0.29, 0.717) is 13.1 Å². The van der Waals surface area contributed by atoms with Crippen molar-refractivity contribution in [1.29, 1.82) is 0 Å². The van der Waals surface area contributed by atoms with Crippen molar-refractivity contribution in [3.05, 3.63) is 17.5 Å². The van der Waals surface area contributed by atoms with Crippen molar-refractivity contribution in [2.75, 3.05) is 0 Å². The number of aromatic amines is 1. The molecule has 88 valence electrons. The molecule has 2 atom stereocenters. The van der Waals surface area contributed by atoms with Gasteiger partial charge in [-0.15, -0.1) is 0 Å². The van der Waals surface area contributed by atoms with Gasteiger partial charge in [0.25, 0.3) is 0 Å². The van der Waals surface area contributed by atoms with E-state index in [2.05, 4.69) is 10.2 Å². The molecule has 0 unspecified atom stereocenters. The zero-order chi connectivity index (χ0) is 11.7. The lowest BCUT2D eigenvalue weighted by atomic mass is 9.99. The van der Waals surface area contributed by atoms with Crippen molar-refractivity contribution in [3.8, 4) is 0 Å². The highest BCUT2D eigenvalue weighted by Gasteiger charge is 2.30. The van der Waals surface area contributed by atoms with Gasteiger partial charge in [-0.25, -0.2) is 0 Å². The second-order valence-corrected chi connectivity index (χ2v) is 4.48. The van der Waals surface area contributed by atoms with Crippen LogP contribution in [0, 0.1) is 5.92 Å². The lowest BCUT2D eigenvalue weighted by molar-refractivity contribution is -0.134. The van der Waals surface area contributed by atoms with Gasteiger partial charge in [0.1, 0.15) is 0 Å². The summed E-state index contributed by atoms with van der Waals surface area (Å²) >= 11 is 0. The summed E-state index contributed by atoms with van der Waals surface area (Å²) in [4.78, 5) is 13.9. The molecule has 5 heteroatoms. The second-order valence-electron chi connectivity index (χ2n) is 4.48. The van der Waals surface area contributed by atoms with E-state index in [0.717, 1.165) is 17.7 Å². The van der Waals surface area contributed by atoms with Crippen LogP contribution < -0.4 is 5.73 Å². The van der Waals surface area contributed by atoms with Crippen LogP contribution in [0.3, 0.4) is 0 Å². The van der Waals surface area contributed by atoms with Crippen molar-refractivity contribution in [3.63, 3.8) is 0 Å². The maximum Gasteiger partial charge on any atom is 0.240 e. The number of rotatable bonds is 3. The van der Waals surface area contributed by atoms with Gasteiger partial charge in [0.05, 0.1) is 24.5 Å². The van der Waals surface area contributed by atoms with E-state index in [-0.39, 0.29) is 17.9 Å². The van der Waals surface area contributed by atoms with Gasteiger partial charge in [0.15, 0.2) is 0 Å². The Kier molecular flexibility index (Phi) is 2.96. The van der Waals surface area contributed by atoms with Crippen LogP contribution in [-0.2, 0) is 17.9 Å². The van der Waals surface area contributed by atoms with Gasteiger partial charge in [0, 0.05) is 12.1 Å². The fourth-order valence-corrected chi connectivity index (χ4v) is 1.93. The van der Waals surface area contributed by atoms with Gasteiger partial charge >= 0.3 is 0 Å². The molecule has 3 N–H and O–H groups in total. The zero-order valence-corrected chi connectivity index (χ0v) is 9.73. The maximum atomic E-state index is 12.1. The number of nitrogens with one attached hydrogen (secondary N) is 1. The number of fused-ring (bicyclic) bond motifs is 1. The molecule has 5 nitrogen and oxygen atoms in total. The molecule has 0 aliphatic carbocycles.